The summed E-state index contributed by atoms with van der Waals surface area (Å²) in [5.74, 6) is -0.398. The highest BCUT2D eigenvalue weighted by molar-refractivity contribution is 6.38. The molecule has 176 valence electrons. The summed E-state index contributed by atoms with van der Waals surface area (Å²) in [6, 6.07) is 5.17. The van der Waals surface area contributed by atoms with Crippen LogP contribution in [0.2, 0.25) is 10.0 Å². The molecule has 0 unspecified atom stereocenters. The van der Waals surface area contributed by atoms with Gasteiger partial charge in [0, 0.05) is 24.4 Å². The summed E-state index contributed by atoms with van der Waals surface area (Å²) in [6.07, 6.45) is 8.64. The Morgan fingerprint density at radius 2 is 1.94 bits per heavy atom. The summed E-state index contributed by atoms with van der Waals surface area (Å²) in [7, 11) is 0. The van der Waals surface area contributed by atoms with Gasteiger partial charge in [0.1, 0.15) is 23.5 Å². The zero-order chi connectivity index (χ0) is 23.8. The molecule has 3 aromatic rings. The van der Waals surface area contributed by atoms with E-state index in [2.05, 4.69) is 20.6 Å². The number of carbonyl (C=O) groups excluding carboxylic acids is 1. The first-order valence-corrected chi connectivity index (χ1v) is 11.7. The lowest BCUT2D eigenvalue weighted by atomic mass is 10.1. The van der Waals surface area contributed by atoms with Gasteiger partial charge in [-0.2, -0.15) is 0 Å². The number of anilines is 2. The number of amides is 1. The Kier molecular flexibility index (Phi) is 6.16. The minimum atomic E-state index is -0.705. The van der Waals surface area contributed by atoms with E-state index in [-0.39, 0.29) is 39.3 Å². The molecule has 2 fully saturated rings. The van der Waals surface area contributed by atoms with Crippen molar-refractivity contribution in [3.8, 4) is 11.4 Å². The number of aromatic nitrogens is 3. The molecule has 2 aromatic heterocycles. The van der Waals surface area contributed by atoms with E-state index in [1.54, 1.807) is 18.3 Å². The standard InChI is InChI=1S/C23H22Cl2N6O3/c24-16-7-15(34-14-3-4-14)8-17(25)20(16)31-11-29-21(26)19(23(31)33)22(32)30-13-6-12(9-27-10-13)18-2-1-5-28-18/h6-11,14,18,28H,1-5,26H2,(H,30,32)/t18-/m0/s1. The Hall–Kier alpha value is -3.14. The molecule has 1 aromatic carbocycles. The summed E-state index contributed by atoms with van der Waals surface area (Å²) < 4.78 is 6.84. The molecular weight excluding hydrogens is 479 g/mol. The first-order valence-electron chi connectivity index (χ1n) is 10.9. The molecule has 11 heteroatoms. The van der Waals surface area contributed by atoms with Crippen LogP contribution in [0.1, 0.15) is 47.6 Å². The monoisotopic (exact) mass is 500 g/mol. The van der Waals surface area contributed by atoms with E-state index in [9.17, 15) is 9.59 Å². The molecule has 3 heterocycles. The number of nitrogens with one attached hydrogen (secondary N) is 2. The number of benzene rings is 1. The first kappa shape index (κ1) is 22.6. The van der Waals surface area contributed by atoms with Crippen LogP contribution < -0.4 is 26.7 Å². The van der Waals surface area contributed by atoms with Gasteiger partial charge in [-0.1, -0.05) is 23.2 Å². The van der Waals surface area contributed by atoms with Crippen molar-refractivity contribution < 1.29 is 9.53 Å². The molecule has 1 atom stereocenters. The summed E-state index contributed by atoms with van der Waals surface area (Å²) in [5, 5.41) is 6.46. The predicted octanol–water partition coefficient (Wildman–Crippen LogP) is 3.73. The molecule has 4 N–H and O–H groups in total. The molecular formula is C23H22Cl2N6O3. The van der Waals surface area contributed by atoms with E-state index in [1.165, 1.54) is 12.5 Å². The number of rotatable bonds is 6. The van der Waals surface area contributed by atoms with Crippen molar-refractivity contribution in [2.24, 2.45) is 0 Å². The average Bonchev–Trinajstić information content (AvgIpc) is 3.43. The highest BCUT2D eigenvalue weighted by Crippen LogP contribution is 2.35. The summed E-state index contributed by atoms with van der Waals surface area (Å²) in [6.45, 7) is 0.936. The topological polar surface area (TPSA) is 124 Å². The molecule has 34 heavy (non-hydrogen) atoms. The SMILES string of the molecule is Nc1ncn(-c2c(Cl)cc(OC3CC3)cc2Cl)c(=O)c1C(=O)Nc1cncc([C@@H]2CCCN2)c1. The Labute approximate surface area is 205 Å². The van der Waals surface area contributed by atoms with E-state index in [1.807, 2.05) is 6.07 Å². The van der Waals surface area contributed by atoms with Gasteiger partial charge < -0.3 is 21.1 Å². The Bertz CT molecular complexity index is 1300. The van der Waals surface area contributed by atoms with Crippen LogP contribution in [0.4, 0.5) is 11.5 Å². The fraction of sp³-hybridized carbons (Fsp3) is 0.304. The second-order valence-electron chi connectivity index (χ2n) is 8.34. The van der Waals surface area contributed by atoms with Gasteiger partial charge in [0.2, 0.25) is 0 Å². The van der Waals surface area contributed by atoms with Gasteiger partial charge >= 0.3 is 0 Å². The molecule has 1 amide bonds. The third kappa shape index (κ3) is 4.59. The van der Waals surface area contributed by atoms with Crippen molar-refractivity contribution >= 4 is 40.6 Å². The van der Waals surface area contributed by atoms with E-state index < -0.39 is 11.5 Å². The van der Waals surface area contributed by atoms with Gasteiger partial charge in [0.05, 0.1) is 33.7 Å². The fourth-order valence-corrected chi connectivity index (χ4v) is 4.59. The number of hydrogen-bond acceptors (Lipinski definition) is 7. The Morgan fingerprint density at radius 1 is 1.18 bits per heavy atom. The fourth-order valence-electron chi connectivity index (χ4n) is 3.94. The van der Waals surface area contributed by atoms with Crippen molar-refractivity contribution in [1.29, 1.82) is 0 Å². The second kappa shape index (κ2) is 9.25. The maximum atomic E-state index is 13.3. The number of nitrogens with two attached hydrogens (primary N) is 1. The largest absolute Gasteiger partial charge is 0.490 e. The maximum Gasteiger partial charge on any atom is 0.273 e. The maximum absolute atomic E-state index is 13.3. The zero-order valence-electron chi connectivity index (χ0n) is 18.1. The quantitative estimate of drug-likeness (QED) is 0.470. The molecule has 0 spiro atoms. The molecule has 9 nitrogen and oxygen atoms in total. The van der Waals surface area contributed by atoms with Crippen LogP contribution in [0.15, 0.2) is 41.7 Å². The number of hydrogen-bond donors (Lipinski definition) is 3. The van der Waals surface area contributed by atoms with Crippen LogP contribution >= 0.6 is 23.2 Å². The molecule has 1 saturated carbocycles. The third-order valence-corrected chi connectivity index (χ3v) is 6.34. The lowest BCUT2D eigenvalue weighted by Crippen LogP contribution is -2.31. The Morgan fingerprint density at radius 3 is 2.62 bits per heavy atom. The number of ether oxygens (including phenoxy) is 1. The lowest BCUT2D eigenvalue weighted by Gasteiger charge is -2.15. The average molecular weight is 501 g/mol. The highest BCUT2D eigenvalue weighted by Gasteiger charge is 2.26. The third-order valence-electron chi connectivity index (χ3n) is 5.77. The van der Waals surface area contributed by atoms with Crippen LogP contribution in [0.5, 0.6) is 5.75 Å². The van der Waals surface area contributed by atoms with Crippen molar-refractivity contribution in [3.05, 3.63) is 68.4 Å². The van der Waals surface area contributed by atoms with Crippen LogP contribution in [0.3, 0.4) is 0 Å². The molecule has 5 rings (SSSR count). The minimum absolute atomic E-state index is 0.159. The van der Waals surface area contributed by atoms with E-state index >= 15 is 0 Å². The first-order chi connectivity index (χ1) is 16.4. The van der Waals surface area contributed by atoms with Gasteiger partial charge in [-0.25, -0.2) is 4.98 Å². The van der Waals surface area contributed by atoms with Crippen LogP contribution in [-0.2, 0) is 0 Å². The van der Waals surface area contributed by atoms with Gasteiger partial charge in [0.25, 0.3) is 11.5 Å². The van der Waals surface area contributed by atoms with Crippen molar-refractivity contribution in [2.45, 2.75) is 37.8 Å². The molecule has 0 radical (unpaired) electrons. The zero-order valence-corrected chi connectivity index (χ0v) is 19.6. The molecule has 2 aliphatic rings. The van der Waals surface area contributed by atoms with E-state index in [4.69, 9.17) is 33.7 Å². The van der Waals surface area contributed by atoms with Crippen LogP contribution in [0.25, 0.3) is 5.69 Å². The van der Waals surface area contributed by atoms with Crippen LogP contribution in [-0.4, -0.2) is 33.1 Å². The highest BCUT2D eigenvalue weighted by atomic mass is 35.5. The second-order valence-corrected chi connectivity index (χ2v) is 9.16. The van der Waals surface area contributed by atoms with Crippen molar-refractivity contribution in [3.63, 3.8) is 0 Å². The van der Waals surface area contributed by atoms with Gasteiger partial charge in [-0.05, 0) is 43.9 Å². The van der Waals surface area contributed by atoms with Crippen molar-refractivity contribution in [2.75, 3.05) is 17.6 Å². The molecule has 1 aliphatic heterocycles. The summed E-state index contributed by atoms with van der Waals surface area (Å²) in [4.78, 5) is 34.6. The normalized spacial score (nSPS) is 17.5. The molecule has 1 saturated heterocycles. The number of carbonyl (C=O) groups is 1. The van der Waals surface area contributed by atoms with Crippen molar-refractivity contribution in [1.82, 2.24) is 19.9 Å². The minimum Gasteiger partial charge on any atom is -0.490 e. The summed E-state index contributed by atoms with van der Waals surface area (Å²) in [5.41, 5.74) is 6.49. The predicted molar refractivity (Wildman–Crippen MR) is 130 cm³/mol. The lowest BCUT2D eigenvalue weighted by molar-refractivity contribution is 0.102. The molecule has 1 aliphatic carbocycles. The number of nitrogens with zero attached hydrogens (tertiary/aromatic N) is 3. The smallest absolute Gasteiger partial charge is 0.273 e. The molecule has 0 bridgehead atoms. The Balaban J connectivity index is 1.45. The number of pyridine rings is 1. The summed E-state index contributed by atoms with van der Waals surface area (Å²) >= 11 is 12.9. The number of halogens is 2. The van der Waals surface area contributed by atoms with E-state index in [0.717, 1.165) is 42.4 Å². The van der Waals surface area contributed by atoms with E-state index in [0.29, 0.717) is 11.4 Å². The van der Waals surface area contributed by atoms with Gasteiger partial charge in [-0.3, -0.25) is 19.1 Å². The van der Waals surface area contributed by atoms with Gasteiger partial charge in [-0.15, -0.1) is 0 Å². The van der Waals surface area contributed by atoms with Crippen LogP contribution in [0, 0.1) is 0 Å². The van der Waals surface area contributed by atoms with Gasteiger partial charge in [0.15, 0.2) is 0 Å². The number of nitrogen functional groups attached to an aromatic ring is 1.